The van der Waals surface area contributed by atoms with E-state index < -0.39 is 23.9 Å². The normalized spacial score (nSPS) is 11.4. The minimum absolute atomic E-state index is 0.287. The number of carboxylic acids is 3. The molecular formula is C10H13N3O6. The number of carboxylic acid groups (broad SMARTS) is 3. The molecule has 1 atom stereocenters. The van der Waals surface area contributed by atoms with Crippen molar-refractivity contribution in [2.75, 3.05) is 0 Å². The third-order valence-corrected chi connectivity index (χ3v) is 1.68. The predicted molar refractivity (Wildman–Crippen MR) is 62.3 cm³/mol. The van der Waals surface area contributed by atoms with Gasteiger partial charge in [0.05, 0.1) is 6.33 Å². The molecule has 0 aliphatic carbocycles. The molecule has 0 unspecified atom stereocenters. The molecule has 0 aromatic carbocycles. The monoisotopic (exact) mass is 271 g/mol. The maximum absolute atomic E-state index is 10.3. The Morgan fingerprint density at radius 2 is 1.79 bits per heavy atom. The Bertz CT molecular complexity index is 438. The number of carbonyl (C=O) groups is 3. The number of rotatable bonds is 5. The molecule has 0 spiro atoms. The topological polar surface area (TPSA) is 167 Å². The van der Waals surface area contributed by atoms with E-state index in [1.165, 1.54) is 6.33 Å². The molecule has 0 aliphatic rings. The standard InChI is InChI=1S/C6H9N3O2.C4H4O4/c7-5(6(10)11)1-4-2-8-3-9-4;5-3(6)1-2-4(7)8/h2-3,5H,1,7H2,(H,8,9)(H,10,11);1-2H,(H,5,6)(H,7,8)/b;2-1-/t5-;/m0./s1. The second-order valence-electron chi connectivity index (χ2n) is 3.24. The highest BCUT2D eigenvalue weighted by molar-refractivity contribution is 5.89. The Morgan fingerprint density at radius 3 is 2.11 bits per heavy atom. The summed E-state index contributed by atoms with van der Waals surface area (Å²) in [6, 6.07) is -0.851. The molecule has 0 saturated carbocycles. The van der Waals surface area contributed by atoms with E-state index in [0.717, 1.165) is 5.69 Å². The molecular weight excluding hydrogens is 258 g/mol. The molecule has 9 nitrogen and oxygen atoms in total. The van der Waals surface area contributed by atoms with Crippen LogP contribution in [0.5, 0.6) is 0 Å². The van der Waals surface area contributed by atoms with Crippen molar-refractivity contribution in [1.82, 2.24) is 9.97 Å². The van der Waals surface area contributed by atoms with E-state index in [1.54, 1.807) is 6.20 Å². The van der Waals surface area contributed by atoms with Crippen LogP contribution >= 0.6 is 0 Å². The zero-order valence-corrected chi connectivity index (χ0v) is 9.68. The van der Waals surface area contributed by atoms with Crippen LogP contribution in [0.3, 0.4) is 0 Å². The molecule has 0 radical (unpaired) electrons. The van der Waals surface area contributed by atoms with Gasteiger partial charge in [0.15, 0.2) is 0 Å². The van der Waals surface area contributed by atoms with Gasteiger partial charge in [-0.3, -0.25) is 4.79 Å². The van der Waals surface area contributed by atoms with E-state index in [2.05, 4.69) is 9.97 Å². The average Bonchev–Trinajstić information content (AvgIpc) is 2.80. The lowest BCUT2D eigenvalue weighted by Crippen LogP contribution is -2.32. The SMILES string of the molecule is N[C@@H](Cc1cnc[nH]1)C(=O)O.O=C(O)/C=C\C(=O)O. The maximum Gasteiger partial charge on any atom is 0.328 e. The molecule has 0 fully saturated rings. The number of nitrogens with zero attached hydrogens (tertiary/aromatic N) is 1. The lowest BCUT2D eigenvalue weighted by atomic mass is 10.2. The first-order valence-electron chi connectivity index (χ1n) is 4.92. The number of nitrogens with one attached hydrogen (secondary N) is 1. The fraction of sp³-hybridized carbons (Fsp3) is 0.200. The van der Waals surface area contributed by atoms with Crippen LogP contribution in [-0.2, 0) is 20.8 Å². The first kappa shape index (κ1) is 16.3. The van der Waals surface area contributed by atoms with E-state index in [-0.39, 0.29) is 6.42 Å². The zero-order chi connectivity index (χ0) is 14.8. The number of aliphatic carboxylic acids is 3. The highest BCUT2D eigenvalue weighted by Crippen LogP contribution is 1.95. The Labute approximate surface area is 107 Å². The number of aromatic amines is 1. The summed E-state index contributed by atoms with van der Waals surface area (Å²) in [7, 11) is 0. The van der Waals surface area contributed by atoms with Crippen LogP contribution in [0.1, 0.15) is 5.69 Å². The summed E-state index contributed by atoms with van der Waals surface area (Å²) in [5.74, 6) is -3.51. The lowest BCUT2D eigenvalue weighted by Gasteiger charge is -2.02. The molecule has 1 aromatic rings. The Hall–Kier alpha value is -2.68. The quantitative estimate of drug-likeness (QED) is 0.428. The van der Waals surface area contributed by atoms with Gasteiger partial charge < -0.3 is 26.0 Å². The van der Waals surface area contributed by atoms with Gasteiger partial charge in [0, 0.05) is 30.5 Å². The van der Waals surface area contributed by atoms with Gasteiger partial charge in [-0.25, -0.2) is 14.6 Å². The summed E-state index contributed by atoms with van der Waals surface area (Å²) in [6.07, 6.45) is 4.45. The van der Waals surface area contributed by atoms with E-state index in [1.807, 2.05) is 0 Å². The number of hydrogen-bond donors (Lipinski definition) is 5. The van der Waals surface area contributed by atoms with Crippen LogP contribution in [0.4, 0.5) is 0 Å². The van der Waals surface area contributed by atoms with Crippen molar-refractivity contribution >= 4 is 17.9 Å². The van der Waals surface area contributed by atoms with E-state index in [9.17, 15) is 14.4 Å². The van der Waals surface area contributed by atoms with Crippen LogP contribution in [0.25, 0.3) is 0 Å². The molecule has 19 heavy (non-hydrogen) atoms. The number of H-pyrrole nitrogens is 1. The average molecular weight is 271 g/mol. The van der Waals surface area contributed by atoms with Crippen LogP contribution in [0.15, 0.2) is 24.7 Å². The van der Waals surface area contributed by atoms with Crippen molar-refractivity contribution < 1.29 is 29.7 Å². The van der Waals surface area contributed by atoms with Crippen molar-refractivity contribution in [2.45, 2.75) is 12.5 Å². The second-order valence-corrected chi connectivity index (χ2v) is 3.24. The second kappa shape index (κ2) is 8.42. The van der Waals surface area contributed by atoms with Crippen molar-refractivity contribution in [2.24, 2.45) is 5.73 Å². The molecule has 0 amide bonds. The molecule has 1 heterocycles. The van der Waals surface area contributed by atoms with Crippen LogP contribution in [0, 0.1) is 0 Å². The molecule has 6 N–H and O–H groups in total. The largest absolute Gasteiger partial charge is 0.480 e. The number of nitrogens with two attached hydrogens (primary N) is 1. The summed E-state index contributed by atoms with van der Waals surface area (Å²) >= 11 is 0. The minimum atomic E-state index is -1.26. The molecule has 1 aromatic heterocycles. The van der Waals surface area contributed by atoms with Crippen LogP contribution < -0.4 is 5.73 Å². The first-order chi connectivity index (χ1) is 8.82. The van der Waals surface area contributed by atoms with Gasteiger partial charge in [-0.15, -0.1) is 0 Å². The van der Waals surface area contributed by atoms with Crippen LogP contribution in [0.2, 0.25) is 0 Å². The van der Waals surface area contributed by atoms with Gasteiger partial charge in [0.25, 0.3) is 0 Å². The predicted octanol–water partition coefficient (Wildman–Crippen LogP) is -0.924. The number of aromatic nitrogens is 2. The van der Waals surface area contributed by atoms with E-state index in [4.69, 9.17) is 21.1 Å². The minimum Gasteiger partial charge on any atom is -0.480 e. The smallest absolute Gasteiger partial charge is 0.328 e. The summed E-state index contributed by atoms with van der Waals surface area (Å²) in [6.45, 7) is 0. The summed E-state index contributed by atoms with van der Waals surface area (Å²) in [4.78, 5) is 35.9. The molecule has 0 bridgehead atoms. The highest BCUT2D eigenvalue weighted by atomic mass is 16.4. The third-order valence-electron chi connectivity index (χ3n) is 1.68. The van der Waals surface area contributed by atoms with Gasteiger partial charge in [-0.2, -0.15) is 0 Å². The van der Waals surface area contributed by atoms with E-state index >= 15 is 0 Å². The molecule has 0 saturated heterocycles. The first-order valence-corrected chi connectivity index (χ1v) is 4.92. The van der Waals surface area contributed by atoms with Gasteiger partial charge >= 0.3 is 17.9 Å². The Balaban J connectivity index is 0.000000362. The third kappa shape index (κ3) is 9.06. The van der Waals surface area contributed by atoms with Gasteiger partial charge in [-0.05, 0) is 0 Å². The van der Waals surface area contributed by atoms with Crippen molar-refractivity contribution in [3.63, 3.8) is 0 Å². The Morgan fingerprint density at radius 1 is 1.26 bits per heavy atom. The highest BCUT2D eigenvalue weighted by Gasteiger charge is 2.11. The number of imidazole rings is 1. The van der Waals surface area contributed by atoms with Crippen molar-refractivity contribution in [3.05, 3.63) is 30.4 Å². The van der Waals surface area contributed by atoms with Crippen LogP contribution in [-0.4, -0.2) is 49.2 Å². The fourth-order valence-corrected chi connectivity index (χ4v) is 0.863. The summed E-state index contributed by atoms with van der Waals surface area (Å²) in [5.41, 5.74) is 6.00. The zero-order valence-electron chi connectivity index (χ0n) is 9.68. The molecule has 9 heteroatoms. The summed E-state index contributed by atoms with van der Waals surface area (Å²) < 4.78 is 0. The van der Waals surface area contributed by atoms with Gasteiger partial charge in [0.2, 0.25) is 0 Å². The molecule has 104 valence electrons. The molecule has 0 aliphatic heterocycles. The van der Waals surface area contributed by atoms with Gasteiger partial charge in [-0.1, -0.05) is 0 Å². The van der Waals surface area contributed by atoms with Gasteiger partial charge in [0.1, 0.15) is 6.04 Å². The lowest BCUT2D eigenvalue weighted by molar-refractivity contribution is -0.138. The Kier molecular flexibility index (Phi) is 7.23. The molecule has 1 rings (SSSR count). The van der Waals surface area contributed by atoms with Crippen molar-refractivity contribution in [3.8, 4) is 0 Å². The summed E-state index contributed by atoms with van der Waals surface area (Å²) in [5, 5.41) is 24.0. The van der Waals surface area contributed by atoms with Crippen molar-refractivity contribution in [1.29, 1.82) is 0 Å². The van der Waals surface area contributed by atoms with E-state index in [0.29, 0.717) is 12.2 Å². The number of hydrogen-bond acceptors (Lipinski definition) is 5. The fourth-order valence-electron chi connectivity index (χ4n) is 0.863. The maximum atomic E-state index is 10.3.